The molecule has 26 heavy (non-hydrogen) atoms. The van der Waals surface area contributed by atoms with Crippen molar-refractivity contribution in [2.75, 3.05) is 10.6 Å². The van der Waals surface area contributed by atoms with Crippen LogP contribution < -0.4 is 10.6 Å². The molecule has 138 valence electrons. The van der Waals surface area contributed by atoms with Crippen LogP contribution in [-0.4, -0.2) is 20.2 Å². The van der Waals surface area contributed by atoms with E-state index in [1.165, 1.54) is 13.8 Å². The fourth-order valence-corrected chi connectivity index (χ4v) is 4.84. The van der Waals surface area contributed by atoms with Gasteiger partial charge in [0.1, 0.15) is 0 Å². The highest BCUT2D eigenvalue weighted by atomic mass is 33.2. The van der Waals surface area contributed by atoms with Crippen molar-refractivity contribution < 1.29 is 21.6 Å². The van der Waals surface area contributed by atoms with E-state index in [2.05, 4.69) is 10.6 Å². The fourth-order valence-electron chi connectivity index (χ4n) is 1.81. The van der Waals surface area contributed by atoms with Crippen LogP contribution >= 0.6 is 22.8 Å². The van der Waals surface area contributed by atoms with Gasteiger partial charge in [0.25, 0.3) is 0 Å². The van der Waals surface area contributed by atoms with Gasteiger partial charge in [0.2, 0.25) is 11.8 Å². The zero-order chi connectivity index (χ0) is 19.2. The maximum Gasteiger partial charge on any atom is 0.337 e. The summed E-state index contributed by atoms with van der Waals surface area (Å²) in [6, 6.07) is 12.9. The van der Waals surface area contributed by atoms with Crippen LogP contribution in [0.2, 0.25) is 0 Å². The molecule has 10 heteroatoms. The number of carbonyl (C=O) groups is 2. The van der Waals surface area contributed by atoms with Crippen molar-refractivity contribution in [2.45, 2.75) is 23.6 Å². The van der Waals surface area contributed by atoms with Crippen LogP contribution in [-0.2, 0) is 22.4 Å². The number of carbonyl (C=O) groups excluding carboxylic acids is 2. The van der Waals surface area contributed by atoms with Crippen molar-refractivity contribution in [3.8, 4) is 0 Å². The molecule has 0 spiro atoms. The Kier molecular flexibility index (Phi) is 7.09. The number of hydrogen-bond acceptors (Lipinski definition) is 7. The predicted molar refractivity (Wildman–Crippen MR) is 103 cm³/mol. The normalized spacial score (nSPS) is 11.0. The number of rotatable bonds is 7. The van der Waals surface area contributed by atoms with Crippen LogP contribution in [0.3, 0.4) is 0 Å². The van der Waals surface area contributed by atoms with Gasteiger partial charge in [-0.1, -0.05) is 0 Å². The molecule has 2 aromatic carbocycles. The third-order valence-corrected chi connectivity index (χ3v) is 6.52. The molecule has 2 amide bonds. The van der Waals surface area contributed by atoms with Crippen LogP contribution in [0.4, 0.5) is 11.4 Å². The van der Waals surface area contributed by atoms with Gasteiger partial charge in [-0.3, -0.25) is 9.59 Å². The molecule has 0 heterocycles. The molecule has 0 unspecified atom stereocenters. The molecule has 0 saturated heterocycles. The van der Waals surface area contributed by atoms with Gasteiger partial charge < -0.3 is 10.6 Å². The first-order valence-corrected chi connectivity index (χ1v) is 10.8. The summed E-state index contributed by atoms with van der Waals surface area (Å²) < 4.78 is 29.0. The van der Waals surface area contributed by atoms with Crippen molar-refractivity contribution in [1.82, 2.24) is 0 Å². The van der Waals surface area contributed by atoms with E-state index in [-0.39, 0.29) is 11.8 Å². The highest BCUT2D eigenvalue weighted by molar-refractivity contribution is 8.71. The van der Waals surface area contributed by atoms with Gasteiger partial charge in [-0.2, -0.15) is 12.0 Å². The minimum atomic E-state index is -3.88. The second-order valence-corrected chi connectivity index (χ2v) is 9.42. The summed E-state index contributed by atoms with van der Waals surface area (Å²) in [5.74, 6) is -0.396. The number of anilines is 2. The summed E-state index contributed by atoms with van der Waals surface area (Å²) in [6.45, 7) is 2.79. The molecule has 7 nitrogen and oxygen atoms in total. The Morgan fingerprint density at radius 1 is 0.808 bits per heavy atom. The lowest BCUT2D eigenvalue weighted by atomic mass is 10.3. The summed E-state index contributed by atoms with van der Waals surface area (Å²) in [4.78, 5) is 23.0. The van der Waals surface area contributed by atoms with E-state index in [1.807, 2.05) is 0 Å². The lowest BCUT2D eigenvalue weighted by Crippen LogP contribution is -2.05. The second-order valence-electron chi connectivity index (χ2n) is 5.05. The molecular weight excluding hydrogens is 396 g/mol. The van der Waals surface area contributed by atoms with Gasteiger partial charge in [-0.25, -0.2) is 0 Å². The van der Waals surface area contributed by atoms with Crippen molar-refractivity contribution in [1.29, 1.82) is 0 Å². The van der Waals surface area contributed by atoms with E-state index in [9.17, 15) is 18.0 Å². The molecule has 2 N–H and O–H groups in total. The maximum atomic E-state index is 12.0. The third-order valence-electron chi connectivity index (χ3n) is 2.76. The summed E-state index contributed by atoms with van der Waals surface area (Å²) in [5, 5.41) is 5.21. The Bertz CT molecular complexity index is 881. The van der Waals surface area contributed by atoms with E-state index in [0.29, 0.717) is 44.0 Å². The largest absolute Gasteiger partial charge is 0.337 e. The topological polar surface area (TPSA) is 102 Å². The Hall–Kier alpha value is -2.01. The number of nitrogens with one attached hydrogen (secondary N) is 2. The molecule has 0 atom stereocenters. The second kappa shape index (κ2) is 9.08. The van der Waals surface area contributed by atoms with E-state index >= 15 is 0 Å². The van der Waals surface area contributed by atoms with Crippen molar-refractivity contribution in [3.05, 3.63) is 48.5 Å². The summed E-state index contributed by atoms with van der Waals surface area (Å²) >= 11 is 0.707. The summed E-state index contributed by atoms with van der Waals surface area (Å²) in [5.41, 5.74) is 1.19. The van der Waals surface area contributed by atoms with Crippen LogP contribution in [0.15, 0.2) is 58.3 Å². The van der Waals surface area contributed by atoms with E-state index in [4.69, 9.17) is 3.63 Å². The smallest absolute Gasteiger partial charge is 0.326 e. The van der Waals surface area contributed by atoms with Crippen molar-refractivity contribution >= 4 is 55.2 Å². The molecule has 0 saturated carbocycles. The molecule has 2 aromatic rings. The Morgan fingerprint density at radius 3 is 1.65 bits per heavy atom. The SMILES string of the molecule is CC(=O)Nc1ccc(SOS(=O)(=O)Sc2ccc(NC(C)=O)cc2)cc1. The van der Waals surface area contributed by atoms with E-state index in [1.54, 1.807) is 48.5 Å². The van der Waals surface area contributed by atoms with Crippen LogP contribution in [0.25, 0.3) is 0 Å². The Morgan fingerprint density at radius 2 is 1.23 bits per heavy atom. The van der Waals surface area contributed by atoms with E-state index < -0.39 is 9.15 Å². The molecule has 0 aliphatic heterocycles. The lowest BCUT2D eigenvalue weighted by molar-refractivity contribution is -0.115. The molecule has 0 aromatic heterocycles. The Balaban J connectivity index is 1.92. The first-order valence-electron chi connectivity index (χ1n) is 7.29. The van der Waals surface area contributed by atoms with Crippen LogP contribution in [0.1, 0.15) is 13.8 Å². The average Bonchev–Trinajstić information content (AvgIpc) is 2.55. The zero-order valence-electron chi connectivity index (χ0n) is 13.9. The summed E-state index contributed by atoms with van der Waals surface area (Å²) in [7, 11) is -3.31. The molecule has 0 aliphatic rings. The predicted octanol–water partition coefficient (Wildman–Crippen LogP) is 3.66. The number of benzene rings is 2. The van der Waals surface area contributed by atoms with Gasteiger partial charge in [0.05, 0.1) is 12.0 Å². The quantitative estimate of drug-likeness (QED) is 0.528. The van der Waals surface area contributed by atoms with Crippen LogP contribution in [0, 0.1) is 0 Å². The average molecular weight is 413 g/mol. The maximum absolute atomic E-state index is 12.0. The van der Waals surface area contributed by atoms with Crippen molar-refractivity contribution in [3.63, 3.8) is 0 Å². The van der Waals surface area contributed by atoms with Crippen molar-refractivity contribution in [2.24, 2.45) is 0 Å². The fraction of sp³-hybridized carbons (Fsp3) is 0.125. The van der Waals surface area contributed by atoms with Gasteiger partial charge in [0.15, 0.2) is 0 Å². The van der Waals surface area contributed by atoms with Gasteiger partial charge in [0, 0.05) is 45.8 Å². The van der Waals surface area contributed by atoms with E-state index in [0.717, 1.165) is 0 Å². The summed E-state index contributed by atoms with van der Waals surface area (Å²) in [6.07, 6.45) is 0. The third kappa shape index (κ3) is 7.08. The minimum Gasteiger partial charge on any atom is -0.326 e. The minimum absolute atomic E-state index is 0.190. The molecule has 0 bridgehead atoms. The number of amides is 2. The standard InChI is InChI=1S/C16H16N2O5S3/c1-11(19)17-13-3-7-15(8-4-13)24-23-26(21,22)25-16-9-5-14(6-10-16)18-12(2)20/h3-10H,1-2H3,(H,17,19)(H,18,20). The highest BCUT2D eigenvalue weighted by Crippen LogP contribution is 2.32. The molecule has 0 aliphatic carbocycles. The lowest BCUT2D eigenvalue weighted by Gasteiger charge is -2.06. The zero-order valence-corrected chi connectivity index (χ0v) is 16.3. The van der Waals surface area contributed by atoms with Gasteiger partial charge >= 0.3 is 9.15 Å². The first-order chi connectivity index (χ1) is 12.2. The van der Waals surface area contributed by atoms with Gasteiger partial charge in [-0.15, -0.1) is 0 Å². The van der Waals surface area contributed by atoms with Gasteiger partial charge in [-0.05, 0) is 48.5 Å². The highest BCUT2D eigenvalue weighted by Gasteiger charge is 2.15. The molecule has 0 radical (unpaired) electrons. The Labute approximate surface area is 159 Å². The first kappa shape index (κ1) is 20.3. The molecular formula is C16H16N2O5S3. The monoisotopic (exact) mass is 412 g/mol. The molecule has 2 rings (SSSR count). The number of hydrogen-bond donors (Lipinski definition) is 2. The molecule has 0 fully saturated rings. The van der Waals surface area contributed by atoms with Crippen LogP contribution in [0.5, 0.6) is 0 Å².